The minimum atomic E-state index is 0.301. The van der Waals surface area contributed by atoms with Gasteiger partial charge in [-0.05, 0) is 51.1 Å². The highest BCUT2D eigenvalue weighted by atomic mass is 15.2. The first-order chi connectivity index (χ1) is 6.89. The van der Waals surface area contributed by atoms with Crippen molar-refractivity contribution in [2.24, 2.45) is 11.3 Å². The van der Waals surface area contributed by atoms with E-state index in [1.54, 1.807) is 0 Å². The van der Waals surface area contributed by atoms with Crippen LogP contribution in [0.4, 0.5) is 0 Å². The van der Waals surface area contributed by atoms with Crippen LogP contribution in [0.3, 0.4) is 0 Å². The lowest BCUT2D eigenvalue weighted by Gasteiger charge is -2.30. The van der Waals surface area contributed by atoms with Gasteiger partial charge in [-0.3, -0.25) is 0 Å². The van der Waals surface area contributed by atoms with Gasteiger partial charge in [-0.1, -0.05) is 13.8 Å². The SMILES string of the molecule is CC1(C)CN(CC2CC2(C)C)CCCN1. The predicted octanol–water partition coefficient (Wildman–Crippen LogP) is 2.11. The first kappa shape index (κ1) is 11.4. The van der Waals surface area contributed by atoms with Crippen molar-refractivity contribution in [2.45, 2.75) is 46.1 Å². The summed E-state index contributed by atoms with van der Waals surface area (Å²) in [5.74, 6) is 0.950. The van der Waals surface area contributed by atoms with Crippen molar-refractivity contribution in [2.75, 3.05) is 26.2 Å². The Bertz CT molecular complexity index is 233. The molecule has 0 bridgehead atoms. The van der Waals surface area contributed by atoms with Crippen molar-refractivity contribution < 1.29 is 0 Å². The summed E-state index contributed by atoms with van der Waals surface area (Å²) >= 11 is 0. The summed E-state index contributed by atoms with van der Waals surface area (Å²) in [6, 6.07) is 0. The Morgan fingerprint density at radius 3 is 2.53 bits per heavy atom. The second kappa shape index (κ2) is 3.74. The van der Waals surface area contributed by atoms with Crippen LogP contribution in [0.2, 0.25) is 0 Å². The normalized spacial score (nSPS) is 34.8. The van der Waals surface area contributed by atoms with Gasteiger partial charge >= 0.3 is 0 Å². The zero-order chi connectivity index (χ0) is 11.1. The van der Waals surface area contributed by atoms with Crippen LogP contribution in [0.1, 0.15) is 40.5 Å². The third-order valence-electron chi connectivity index (χ3n) is 4.07. The van der Waals surface area contributed by atoms with Gasteiger partial charge in [0.2, 0.25) is 0 Å². The van der Waals surface area contributed by atoms with Crippen LogP contribution >= 0.6 is 0 Å². The van der Waals surface area contributed by atoms with Crippen LogP contribution in [0.5, 0.6) is 0 Å². The van der Waals surface area contributed by atoms with Crippen molar-refractivity contribution in [3.8, 4) is 0 Å². The third-order valence-corrected chi connectivity index (χ3v) is 4.07. The standard InChI is InChI=1S/C13H26N2/c1-12(2)8-11(12)9-15-7-5-6-14-13(3,4)10-15/h11,14H,5-10H2,1-4H3. The fraction of sp³-hybridized carbons (Fsp3) is 1.00. The van der Waals surface area contributed by atoms with E-state index in [9.17, 15) is 0 Å². The molecule has 0 aromatic rings. The molecule has 0 spiro atoms. The molecule has 0 radical (unpaired) electrons. The van der Waals surface area contributed by atoms with Crippen molar-refractivity contribution in [3.05, 3.63) is 0 Å². The Morgan fingerprint density at radius 2 is 1.93 bits per heavy atom. The van der Waals surface area contributed by atoms with Gasteiger partial charge in [-0.2, -0.15) is 0 Å². The van der Waals surface area contributed by atoms with Crippen LogP contribution in [0, 0.1) is 11.3 Å². The van der Waals surface area contributed by atoms with E-state index >= 15 is 0 Å². The molecule has 1 unspecified atom stereocenters. The molecule has 2 aliphatic rings. The summed E-state index contributed by atoms with van der Waals surface area (Å²) < 4.78 is 0. The summed E-state index contributed by atoms with van der Waals surface area (Å²) in [6.45, 7) is 14.4. The molecule has 0 amide bonds. The predicted molar refractivity (Wildman–Crippen MR) is 65.0 cm³/mol. The Kier molecular flexibility index (Phi) is 2.85. The minimum absolute atomic E-state index is 0.301. The molecule has 1 atom stereocenters. The van der Waals surface area contributed by atoms with Crippen molar-refractivity contribution >= 4 is 0 Å². The topological polar surface area (TPSA) is 15.3 Å². The van der Waals surface area contributed by atoms with Gasteiger partial charge in [0.15, 0.2) is 0 Å². The monoisotopic (exact) mass is 210 g/mol. The lowest BCUT2D eigenvalue weighted by molar-refractivity contribution is 0.215. The van der Waals surface area contributed by atoms with Crippen LogP contribution in [-0.2, 0) is 0 Å². The van der Waals surface area contributed by atoms with Gasteiger partial charge in [0, 0.05) is 18.6 Å². The highest BCUT2D eigenvalue weighted by Gasteiger charge is 2.46. The average Bonchev–Trinajstić information content (AvgIpc) is 2.70. The highest BCUT2D eigenvalue weighted by Crippen LogP contribution is 2.51. The van der Waals surface area contributed by atoms with Crippen molar-refractivity contribution in [3.63, 3.8) is 0 Å². The molecule has 2 heteroatoms. The highest BCUT2D eigenvalue weighted by molar-refractivity contribution is 4.98. The molecular weight excluding hydrogens is 184 g/mol. The van der Waals surface area contributed by atoms with E-state index in [2.05, 4.69) is 37.9 Å². The maximum absolute atomic E-state index is 3.62. The Labute approximate surface area is 94.4 Å². The van der Waals surface area contributed by atoms with Crippen LogP contribution in [0.15, 0.2) is 0 Å². The molecule has 2 nitrogen and oxygen atoms in total. The molecular formula is C13H26N2. The Morgan fingerprint density at radius 1 is 1.27 bits per heavy atom. The number of rotatable bonds is 2. The van der Waals surface area contributed by atoms with Crippen LogP contribution in [-0.4, -0.2) is 36.6 Å². The molecule has 88 valence electrons. The number of hydrogen-bond donors (Lipinski definition) is 1. The average molecular weight is 210 g/mol. The summed E-state index contributed by atoms with van der Waals surface area (Å²) in [6.07, 6.45) is 2.73. The van der Waals surface area contributed by atoms with E-state index in [0.29, 0.717) is 11.0 Å². The van der Waals surface area contributed by atoms with Crippen molar-refractivity contribution in [1.29, 1.82) is 0 Å². The van der Waals surface area contributed by atoms with Gasteiger partial charge < -0.3 is 10.2 Å². The third kappa shape index (κ3) is 2.94. The lowest BCUT2D eigenvalue weighted by atomic mass is 10.0. The maximum atomic E-state index is 3.62. The fourth-order valence-electron chi connectivity index (χ4n) is 2.78. The van der Waals surface area contributed by atoms with Gasteiger partial charge in [0.05, 0.1) is 0 Å². The molecule has 1 aliphatic heterocycles. The van der Waals surface area contributed by atoms with E-state index in [1.807, 2.05) is 0 Å². The Hall–Kier alpha value is -0.0800. The molecule has 1 saturated carbocycles. The molecule has 2 fully saturated rings. The van der Waals surface area contributed by atoms with E-state index in [4.69, 9.17) is 0 Å². The molecule has 0 aromatic heterocycles. The number of hydrogen-bond acceptors (Lipinski definition) is 2. The zero-order valence-electron chi connectivity index (χ0n) is 10.8. The molecule has 2 rings (SSSR count). The second-order valence-electron chi connectivity index (χ2n) is 6.79. The molecule has 1 N–H and O–H groups in total. The van der Waals surface area contributed by atoms with E-state index < -0.39 is 0 Å². The van der Waals surface area contributed by atoms with Crippen molar-refractivity contribution in [1.82, 2.24) is 10.2 Å². The molecule has 1 aliphatic carbocycles. The maximum Gasteiger partial charge on any atom is 0.0252 e. The first-order valence-corrected chi connectivity index (χ1v) is 6.36. The number of nitrogens with zero attached hydrogens (tertiary/aromatic N) is 1. The number of nitrogens with one attached hydrogen (secondary N) is 1. The van der Waals surface area contributed by atoms with Crippen LogP contribution in [0.25, 0.3) is 0 Å². The van der Waals surface area contributed by atoms with Gasteiger partial charge in [0.1, 0.15) is 0 Å². The summed E-state index contributed by atoms with van der Waals surface area (Å²) in [7, 11) is 0. The first-order valence-electron chi connectivity index (χ1n) is 6.36. The largest absolute Gasteiger partial charge is 0.310 e. The zero-order valence-corrected chi connectivity index (χ0v) is 10.8. The molecule has 1 saturated heterocycles. The summed E-state index contributed by atoms with van der Waals surface area (Å²) in [5.41, 5.74) is 0.930. The summed E-state index contributed by atoms with van der Waals surface area (Å²) in [4.78, 5) is 2.67. The smallest absolute Gasteiger partial charge is 0.0252 e. The molecule has 15 heavy (non-hydrogen) atoms. The quantitative estimate of drug-likeness (QED) is 0.751. The van der Waals surface area contributed by atoms with E-state index in [0.717, 1.165) is 5.92 Å². The Balaban J connectivity index is 1.86. The van der Waals surface area contributed by atoms with Gasteiger partial charge in [0.25, 0.3) is 0 Å². The second-order valence-corrected chi connectivity index (χ2v) is 6.79. The lowest BCUT2D eigenvalue weighted by Crippen LogP contribution is -2.46. The van der Waals surface area contributed by atoms with Gasteiger partial charge in [-0.25, -0.2) is 0 Å². The van der Waals surface area contributed by atoms with Gasteiger partial charge in [-0.15, -0.1) is 0 Å². The summed E-state index contributed by atoms with van der Waals surface area (Å²) in [5, 5.41) is 3.62. The molecule has 0 aromatic carbocycles. The minimum Gasteiger partial charge on any atom is -0.310 e. The van der Waals surface area contributed by atoms with E-state index in [-0.39, 0.29) is 0 Å². The van der Waals surface area contributed by atoms with E-state index in [1.165, 1.54) is 39.0 Å². The van der Waals surface area contributed by atoms with Crippen LogP contribution < -0.4 is 5.32 Å². The molecule has 1 heterocycles. The fourth-order valence-corrected chi connectivity index (χ4v) is 2.78.